The first-order chi connectivity index (χ1) is 5.61. The lowest BCUT2D eigenvalue weighted by molar-refractivity contribution is 0.171. The summed E-state index contributed by atoms with van der Waals surface area (Å²) in [5, 5.41) is 18.6. The second-order valence-corrected chi connectivity index (χ2v) is 3.17. The Morgan fingerprint density at radius 2 is 1.83 bits per heavy atom. The van der Waals surface area contributed by atoms with Crippen LogP contribution in [0.4, 0.5) is 0 Å². The van der Waals surface area contributed by atoms with Crippen molar-refractivity contribution in [1.29, 1.82) is 0 Å². The fourth-order valence-corrected chi connectivity index (χ4v) is 0.947. The summed E-state index contributed by atoms with van der Waals surface area (Å²) in [6, 6.07) is 0. The van der Waals surface area contributed by atoms with Gasteiger partial charge in [-0.2, -0.15) is 0 Å². The highest BCUT2D eigenvalue weighted by Crippen LogP contribution is 2.08. The summed E-state index contributed by atoms with van der Waals surface area (Å²) in [6.45, 7) is 5.79. The van der Waals surface area contributed by atoms with E-state index in [-0.39, 0.29) is 12.2 Å². The average Bonchev–Trinajstić information content (AvgIpc) is 2.11. The van der Waals surface area contributed by atoms with E-state index in [1.54, 1.807) is 0 Å². The zero-order chi connectivity index (χ0) is 9.56. The summed E-state index contributed by atoms with van der Waals surface area (Å²) in [5.74, 6) is 0. The Morgan fingerprint density at radius 3 is 2.25 bits per heavy atom. The molecule has 2 heteroatoms. The third kappa shape index (κ3) is 4.52. The van der Waals surface area contributed by atoms with Gasteiger partial charge in [0.15, 0.2) is 0 Å². The van der Waals surface area contributed by atoms with Gasteiger partial charge in [0.25, 0.3) is 0 Å². The predicted octanol–water partition coefficient (Wildman–Crippen LogP) is 1.86. The van der Waals surface area contributed by atoms with Crippen molar-refractivity contribution in [3.05, 3.63) is 11.6 Å². The van der Waals surface area contributed by atoms with Gasteiger partial charge < -0.3 is 10.2 Å². The van der Waals surface area contributed by atoms with E-state index in [4.69, 9.17) is 0 Å². The molecule has 2 unspecified atom stereocenters. The highest BCUT2D eigenvalue weighted by molar-refractivity contribution is 5.04. The summed E-state index contributed by atoms with van der Waals surface area (Å²) in [4.78, 5) is 0. The zero-order valence-corrected chi connectivity index (χ0v) is 8.25. The molecule has 0 aliphatic rings. The lowest BCUT2D eigenvalue weighted by Gasteiger charge is -2.09. The Morgan fingerprint density at radius 1 is 1.25 bits per heavy atom. The quantitative estimate of drug-likeness (QED) is 0.621. The van der Waals surface area contributed by atoms with Gasteiger partial charge in [0.2, 0.25) is 0 Å². The minimum atomic E-state index is -0.339. The molecule has 0 aromatic rings. The lowest BCUT2D eigenvalue weighted by atomic mass is 10.1. The first kappa shape index (κ1) is 11.7. The molecule has 0 fully saturated rings. The van der Waals surface area contributed by atoms with Crippen molar-refractivity contribution in [2.75, 3.05) is 0 Å². The van der Waals surface area contributed by atoms with Crippen molar-refractivity contribution in [1.82, 2.24) is 0 Å². The van der Waals surface area contributed by atoms with Crippen molar-refractivity contribution in [3.8, 4) is 0 Å². The first-order valence-corrected chi connectivity index (χ1v) is 4.64. The van der Waals surface area contributed by atoms with Gasteiger partial charge in [0.1, 0.15) is 0 Å². The van der Waals surface area contributed by atoms with E-state index < -0.39 is 0 Å². The highest BCUT2D eigenvalue weighted by atomic mass is 16.3. The maximum atomic E-state index is 9.36. The Bertz CT molecular complexity index is 141. The molecule has 0 aromatic carbocycles. The number of rotatable bonds is 5. The molecule has 0 aliphatic heterocycles. The second-order valence-electron chi connectivity index (χ2n) is 3.17. The number of aliphatic hydroxyl groups is 2. The van der Waals surface area contributed by atoms with Crippen LogP contribution in [0, 0.1) is 0 Å². The van der Waals surface area contributed by atoms with Crippen molar-refractivity contribution >= 4 is 0 Å². The smallest absolute Gasteiger partial charge is 0.0744 e. The molecule has 72 valence electrons. The number of hydrogen-bond acceptors (Lipinski definition) is 2. The van der Waals surface area contributed by atoms with Crippen LogP contribution in [-0.2, 0) is 0 Å². The molecule has 0 rings (SSSR count). The minimum absolute atomic E-state index is 0.260. The number of hydrogen-bond donors (Lipinski definition) is 2. The molecule has 0 aromatic heterocycles. The number of aliphatic hydroxyl groups excluding tert-OH is 2. The summed E-state index contributed by atoms with van der Waals surface area (Å²) in [5.41, 5.74) is 0.963. The third-order valence-electron chi connectivity index (χ3n) is 2.10. The van der Waals surface area contributed by atoms with Gasteiger partial charge in [-0.25, -0.2) is 0 Å². The van der Waals surface area contributed by atoms with Crippen molar-refractivity contribution in [2.45, 2.75) is 52.2 Å². The van der Waals surface area contributed by atoms with Crippen molar-refractivity contribution in [3.63, 3.8) is 0 Å². The van der Waals surface area contributed by atoms with E-state index in [1.807, 2.05) is 26.8 Å². The van der Waals surface area contributed by atoms with Crippen molar-refractivity contribution < 1.29 is 10.2 Å². The van der Waals surface area contributed by atoms with E-state index in [0.29, 0.717) is 6.42 Å². The molecule has 0 aliphatic carbocycles. The maximum absolute atomic E-state index is 9.36. The Kier molecular flexibility index (Phi) is 6.03. The molecular weight excluding hydrogens is 152 g/mol. The van der Waals surface area contributed by atoms with Crippen LogP contribution >= 0.6 is 0 Å². The molecule has 0 spiro atoms. The van der Waals surface area contributed by atoms with Crippen LogP contribution in [-0.4, -0.2) is 22.4 Å². The van der Waals surface area contributed by atoms with Gasteiger partial charge in [-0.15, -0.1) is 0 Å². The molecule has 0 radical (unpaired) electrons. The molecule has 0 saturated heterocycles. The van der Waals surface area contributed by atoms with Crippen LogP contribution in [0.3, 0.4) is 0 Å². The fraction of sp³-hybridized carbons (Fsp3) is 0.800. The van der Waals surface area contributed by atoms with Crippen LogP contribution in [0.15, 0.2) is 11.6 Å². The monoisotopic (exact) mass is 172 g/mol. The first-order valence-electron chi connectivity index (χ1n) is 4.64. The topological polar surface area (TPSA) is 40.5 Å². The third-order valence-corrected chi connectivity index (χ3v) is 2.10. The van der Waals surface area contributed by atoms with E-state index in [2.05, 4.69) is 0 Å². The van der Waals surface area contributed by atoms with Gasteiger partial charge in [-0.05, 0) is 31.8 Å². The van der Waals surface area contributed by atoms with Crippen LogP contribution in [0.25, 0.3) is 0 Å². The lowest BCUT2D eigenvalue weighted by Crippen LogP contribution is -2.08. The molecule has 2 nitrogen and oxygen atoms in total. The minimum Gasteiger partial charge on any atom is -0.393 e. The fourth-order valence-electron chi connectivity index (χ4n) is 0.947. The maximum Gasteiger partial charge on any atom is 0.0744 e. The SMILES string of the molecule is CCC(O)C/C=C(\C)C(O)CC. The van der Waals surface area contributed by atoms with Crippen LogP contribution in [0.1, 0.15) is 40.0 Å². The van der Waals surface area contributed by atoms with E-state index in [0.717, 1.165) is 18.4 Å². The van der Waals surface area contributed by atoms with Crippen LogP contribution in [0.5, 0.6) is 0 Å². The highest BCUT2D eigenvalue weighted by Gasteiger charge is 2.03. The summed E-state index contributed by atoms with van der Waals surface area (Å²) in [6.07, 6.45) is 3.48. The molecule has 0 amide bonds. The largest absolute Gasteiger partial charge is 0.393 e. The Balaban J connectivity index is 3.83. The Hall–Kier alpha value is -0.340. The normalized spacial score (nSPS) is 17.6. The molecule has 0 bridgehead atoms. The van der Waals surface area contributed by atoms with Crippen molar-refractivity contribution in [2.24, 2.45) is 0 Å². The van der Waals surface area contributed by atoms with E-state index in [1.165, 1.54) is 0 Å². The molecule has 2 N–H and O–H groups in total. The second kappa shape index (κ2) is 6.21. The molecule has 0 saturated carbocycles. The molecule has 2 atom stereocenters. The predicted molar refractivity (Wildman–Crippen MR) is 51.0 cm³/mol. The van der Waals surface area contributed by atoms with Gasteiger partial charge in [-0.1, -0.05) is 19.9 Å². The van der Waals surface area contributed by atoms with Gasteiger partial charge in [-0.3, -0.25) is 0 Å². The summed E-state index contributed by atoms with van der Waals surface area (Å²) < 4.78 is 0. The molecule has 12 heavy (non-hydrogen) atoms. The average molecular weight is 172 g/mol. The van der Waals surface area contributed by atoms with E-state index in [9.17, 15) is 10.2 Å². The summed E-state index contributed by atoms with van der Waals surface area (Å²) >= 11 is 0. The standard InChI is InChI=1S/C10H20O2/c1-4-9(11)7-6-8(3)10(12)5-2/h6,9-12H,4-5,7H2,1-3H3/b8-6+. The van der Waals surface area contributed by atoms with E-state index >= 15 is 0 Å². The van der Waals surface area contributed by atoms with Crippen LogP contribution < -0.4 is 0 Å². The molecule has 0 heterocycles. The molecular formula is C10H20O2. The Labute approximate surface area is 74.9 Å². The van der Waals surface area contributed by atoms with Crippen LogP contribution in [0.2, 0.25) is 0 Å². The van der Waals surface area contributed by atoms with Gasteiger partial charge in [0, 0.05) is 0 Å². The zero-order valence-electron chi connectivity index (χ0n) is 8.25. The van der Waals surface area contributed by atoms with Gasteiger partial charge in [0.05, 0.1) is 12.2 Å². The van der Waals surface area contributed by atoms with Gasteiger partial charge >= 0.3 is 0 Å². The summed E-state index contributed by atoms with van der Waals surface area (Å²) in [7, 11) is 0.